The molecule has 3 nitrogen and oxygen atoms in total. The Labute approximate surface area is 87.4 Å². The molecule has 1 heterocycles. The van der Waals surface area contributed by atoms with Crippen LogP contribution in [0.5, 0.6) is 0 Å². The Morgan fingerprint density at radius 1 is 1.57 bits per heavy atom. The average Bonchev–Trinajstić information content (AvgIpc) is 2.76. The van der Waals surface area contributed by atoms with Crippen LogP contribution in [0.2, 0.25) is 0 Å². The second kappa shape index (κ2) is 3.44. The minimum atomic E-state index is 0.681. The van der Waals surface area contributed by atoms with E-state index in [9.17, 15) is 0 Å². The van der Waals surface area contributed by atoms with Gasteiger partial charge in [-0.2, -0.15) is 0 Å². The number of allylic oxidation sites excluding steroid dienone is 1. The maximum atomic E-state index is 4.02. The molecule has 2 aliphatic rings. The molecule has 0 aromatic carbocycles. The van der Waals surface area contributed by atoms with Crippen LogP contribution in [0.1, 0.15) is 18.5 Å². The van der Waals surface area contributed by atoms with Gasteiger partial charge in [0.1, 0.15) is 0 Å². The molecule has 74 valence electrons. The van der Waals surface area contributed by atoms with Gasteiger partial charge >= 0.3 is 0 Å². The lowest BCUT2D eigenvalue weighted by Crippen LogP contribution is -2.47. The first-order valence-electron chi connectivity index (χ1n) is 5.09. The maximum absolute atomic E-state index is 4.02. The smallest absolute Gasteiger partial charge is 0.0893 e. The third-order valence-electron chi connectivity index (χ3n) is 3.31. The third-order valence-corrected chi connectivity index (χ3v) is 3.87. The first kappa shape index (κ1) is 8.56. The Morgan fingerprint density at radius 3 is 3.36 bits per heavy atom. The van der Waals surface area contributed by atoms with Gasteiger partial charge in [0.05, 0.1) is 5.69 Å². The largest absolute Gasteiger partial charge is 0.308 e. The van der Waals surface area contributed by atoms with E-state index in [0.29, 0.717) is 6.04 Å². The van der Waals surface area contributed by atoms with Crippen molar-refractivity contribution in [2.45, 2.75) is 25.4 Å². The van der Waals surface area contributed by atoms with Crippen molar-refractivity contribution < 1.29 is 0 Å². The van der Waals surface area contributed by atoms with Gasteiger partial charge in [-0.3, -0.25) is 0 Å². The van der Waals surface area contributed by atoms with E-state index in [-0.39, 0.29) is 0 Å². The summed E-state index contributed by atoms with van der Waals surface area (Å²) in [5.74, 6) is 1.72. The van der Waals surface area contributed by atoms with Crippen LogP contribution in [0, 0.1) is 11.8 Å². The van der Waals surface area contributed by atoms with Crippen molar-refractivity contribution in [2.75, 3.05) is 0 Å². The first-order valence-corrected chi connectivity index (χ1v) is 5.93. The van der Waals surface area contributed by atoms with Gasteiger partial charge in [0, 0.05) is 18.0 Å². The molecule has 1 fully saturated rings. The highest BCUT2D eigenvalue weighted by Gasteiger charge is 2.40. The van der Waals surface area contributed by atoms with Crippen LogP contribution in [-0.2, 0) is 6.54 Å². The summed E-state index contributed by atoms with van der Waals surface area (Å²) in [5, 5.41) is 9.57. The lowest BCUT2D eigenvalue weighted by atomic mass is 9.71. The van der Waals surface area contributed by atoms with Crippen LogP contribution in [0.4, 0.5) is 0 Å². The molecule has 4 heteroatoms. The van der Waals surface area contributed by atoms with Crippen molar-refractivity contribution in [1.29, 1.82) is 0 Å². The summed E-state index contributed by atoms with van der Waals surface area (Å²) in [7, 11) is 0. The van der Waals surface area contributed by atoms with Crippen LogP contribution >= 0.6 is 11.5 Å². The monoisotopic (exact) mass is 207 g/mol. The zero-order valence-electron chi connectivity index (χ0n) is 7.89. The van der Waals surface area contributed by atoms with E-state index in [1.807, 2.05) is 5.38 Å². The fourth-order valence-corrected chi connectivity index (χ4v) is 2.90. The quantitative estimate of drug-likeness (QED) is 0.765. The summed E-state index contributed by atoms with van der Waals surface area (Å²) in [5.41, 5.74) is 1.07. The number of hydrogen-bond acceptors (Lipinski definition) is 4. The fraction of sp³-hybridized carbons (Fsp3) is 0.600. The summed E-state index contributed by atoms with van der Waals surface area (Å²) in [6.45, 7) is 0.873. The Kier molecular flexibility index (Phi) is 2.10. The fourth-order valence-electron chi connectivity index (χ4n) is 2.44. The normalized spacial score (nSPS) is 34.1. The van der Waals surface area contributed by atoms with E-state index in [1.165, 1.54) is 24.4 Å². The molecular formula is C10H13N3S. The van der Waals surface area contributed by atoms with Gasteiger partial charge in [-0.1, -0.05) is 16.6 Å². The number of rotatable bonds is 3. The topological polar surface area (TPSA) is 37.8 Å². The van der Waals surface area contributed by atoms with Crippen LogP contribution in [-0.4, -0.2) is 15.6 Å². The molecule has 0 radical (unpaired) electrons. The Hall–Kier alpha value is -0.740. The molecule has 1 saturated carbocycles. The molecule has 1 aromatic heterocycles. The van der Waals surface area contributed by atoms with Gasteiger partial charge in [-0.15, -0.1) is 5.10 Å². The lowest BCUT2D eigenvalue weighted by molar-refractivity contribution is 0.162. The van der Waals surface area contributed by atoms with Crippen molar-refractivity contribution in [3.05, 3.63) is 23.2 Å². The summed E-state index contributed by atoms with van der Waals surface area (Å²) in [6, 6.07) is 0.681. The summed E-state index contributed by atoms with van der Waals surface area (Å²) in [4.78, 5) is 0. The molecule has 1 aromatic rings. The van der Waals surface area contributed by atoms with Crippen molar-refractivity contribution in [3.8, 4) is 0 Å². The van der Waals surface area contributed by atoms with Gasteiger partial charge in [0.2, 0.25) is 0 Å². The second-order valence-corrected chi connectivity index (χ2v) is 4.73. The second-order valence-electron chi connectivity index (χ2n) is 4.12. The minimum absolute atomic E-state index is 0.681. The predicted molar refractivity (Wildman–Crippen MR) is 55.9 cm³/mol. The highest BCUT2D eigenvalue weighted by atomic mass is 32.1. The zero-order valence-corrected chi connectivity index (χ0v) is 8.70. The average molecular weight is 207 g/mol. The van der Waals surface area contributed by atoms with Gasteiger partial charge in [0.15, 0.2) is 0 Å². The predicted octanol–water partition coefficient (Wildman–Crippen LogP) is 1.59. The van der Waals surface area contributed by atoms with E-state index in [2.05, 4.69) is 27.1 Å². The van der Waals surface area contributed by atoms with Gasteiger partial charge < -0.3 is 5.32 Å². The molecule has 1 N–H and O–H groups in total. The van der Waals surface area contributed by atoms with Crippen molar-refractivity contribution >= 4 is 11.5 Å². The Bertz CT molecular complexity index is 333. The summed E-state index contributed by atoms with van der Waals surface area (Å²) in [6.07, 6.45) is 7.31. The first-order chi connectivity index (χ1) is 6.93. The lowest BCUT2D eigenvalue weighted by Gasteiger charge is -2.40. The van der Waals surface area contributed by atoms with Crippen LogP contribution in [0.3, 0.4) is 0 Å². The molecule has 0 saturated heterocycles. The molecule has 0 spiro atoms. The summed E-state index contributed by atoms with van der Waals surface area (Å²) < 4.78 is 3.85. The molecule has 14 heavy (non-hydrogen) atoms. The number of aromatic nitrogens is 2. The number of fused-ring (bicyclic) bond motifs is 1. The standard InChI is InChI=1S/C10H13N3S/c1-2-7-4-10(9(7)3-1)11-5-8-6-14-13-12-8/h1,3,6-7,9-11H,2,4-5H2. The van der Waals surface area contributed by atoms with Crippen molar-refractivity contribution in [2.24, 2.45) is 11.8 Å². The molecule has 3 unspecified atom stereocenters. The SMILES string of the molecule is C1=CC2C(C1)CC2NCc1csnn1. The Balaban J connectivity index is 1.52. The molecule has 0 bridgehead atoms. The van der Waals surface area contributed by atoms with Gasteiger partial charge in [0.25, 0.3) is 0 Å². The molecule has 0 aliphatic heterocycles. The van der Waals surface area contributed by atoms with Crippen molar-refractivity contribution in [1.82, 2.24) is 14.9 Å². The maximum Gasteiger partial charge on any atom is 0.0893 e. The molecule has 2 aliphatic carbocycles. The molecular weight excluding hydrogens is 194 g/mol. The van der Waals surface area contributed by atoms with Gasteiger partial charge in [-0.05, 0) is 36.2 Å². The van der Waals surface area contributed by atoms with E-state index in [0.717, 1.165) is 24.1 Å². The Morgan fingerprint density at radius 2 is 2.57 bits per heavy atom. The van der Waals surface area contributed by atoms with Crippen molar-refractivity contribution in [3.63, 3.8) is 0 Å². The highest BCUT2D eigenvalue weighted by Crippen LogP contribution is 2.42. The molecule has 3 atom stereocenters. The van der Waals surface area contributed by atoms with Crippen LogP contribution in [0.15, 0.2) is 17.5 Å². The van der Waals surface area contributed by atoms with E-state index < -0.39 is 0 Å². The van der Waals surface area contributed by atoms with E-state index in [1.54, 1.807) is 0 Å². The number of nitrogens with zero attached hydrogens (tertiary/aromatic N) is 2. The van der Waals surface area contributed by atoms with Gasteiger partial charge in [-0.25, -0.2) is 0 Å². The number of hydrogen-bond donors (Lipinski definition) is 1. The number of nitrogens with one attached hydrogen (secondary N) is 1. The van der Waals surface area contributed by atoms with Crippen LogP contribution in [0.25, 0.3) is 0 Å². The van der Waals surface area contributed by atoms with E-state index in [4.69, 9.17) is 0 Å². The van der Waals surface area contributed by atoms with E-state index >= 15 is 0 Å². The highest BCUT2D eigenvalue weighted by molar-refractivity contribution is 7.03. The third kappa shape index (κ3) is 1.38. The summed E-state index contributed by atoms with van der Waals surface area (Å²) >= 11 is 1.42. The molecule has 0 amide bonds. The zero-order chi connectivity index (χ0) is 9.38. The molecule has 3 rings (SSSR count). The minimum Gasteiger partial charge on any atom is -0.308 e. The van der Waals surface area contributed by atoms with Crippen LogP contribution < -0.4 is 5.32 Å².